The Kier molecular flexibility index (Phi) is 8.19. The molecule has 0 aliphatic rings. The second-order valence-corrected chi connectivity index (χ2v) is 8.88. The molecule has 160 valence electrons. The summed E-state index contributed by atoms with van der Waals surface area (Å²) < 4.78 is 5.99. The number of carbonyl (C=O) groups excluding carboxylic acids is 2. The van der Waals surface area contributed by atoms with E-state index in [0.29, 0.717) is 21.8 Å². The third-order valence-electron chi connectivity index (χ3n) is 3.94. The van der Waals surface area contributed by atoms with Crippen molar-refractivity contribution in [3.63, 3.8) is 0 Å². The summed E-state index contributed by atoms with van der Waals surface area (Å²) in [6, 6.07) is 16.7. The molecule has 0 saturated heterocycles. The number of amides is 2. The number of anilines is 2. The van der Waals surface area contributed by atoms with E-state index in [9.17, 15) is 9.59 Å². The Bertz CT molecular complexity index is 1040. The van der Waals surface area contributed by atoms with Crippen molar-refractivity contribution in [1.29, 1.82) is 0 Å². The number of nitrogens with zero attached hydrogens (tertiary/aromatic N) is 2. The van der Waals surface area contributed by atoms with Gasteiger partial charge in [-0.2, -0.15) is 0 Å². The number of hydrogen-bond donors (Lipinski definition) is 2. The first-order valence-corrected chi connectivity index (χ1v) is 11.3. The van der Waals surface area contributed by atoms with Gasteiger partial charge in [0.05, 0.1) is 11.9 Å². The van der Waals surface area contributed by atoms with Crippen LogP contribution >= 0.6 is 23.1 Å². The number of carbonyl (C=O) groups is 2. The standard InChI is InChI=1S/C22H22N4O3S2/c1-3-29-18-12-10-17(11-13-18)23-20(28)15(2)30-22-26-25-21(31-22)24-19(27)14-9-16-7-5-4-6-8-16/h4-15H,3H2,1-2H3,(H,23,28)(H,24,25,27)/b14-9+/t15-/m1/s1. The quantitative estimate of drug-likeness (QED) is 0.276. The normalized spacial score (nSPS) is 11.8. The van der Waals surface area contributed by atoms with Gasteiger partial charge in [0.2, 0.25) is 16.9 Å². The van der Waals surface area contributed by atoms with Crippen LogP contribution in [0.1, 0.15) is 19.4 Å². The maximum absolute atomic E-state index is 12.4. The Morgan fingerprint density at radius 3 is 2.55 bits per heavy atom. The number of nitrogens with one attached hydrogen (secondary N) is 2. The fraction of sp³-hybridized carbons (Fsp3) is 0.182. The third-order valence-corrected chi connectivity index (χ3v) is 5.97. The summed E-state index contributed by atoms with van der Waals surface area (Å²) in [5, 5.41) is 13.6. The predicted molar refractivity (Wildman–Crippen MR) is 126 cm³/mol. The molecule has 0 spiro atoms. The fourth-order valence-corrected chi connectivity index (χ4v) is 4.34. The molecule has 0 bridgehead atoms. The van der Waals surface area contributed by atoms with Gasteiger partial charge in [-0.25, -0.2) is 0 Å². The van der Waals surface area contributed by atoms with Crippen LogP contribution < -0.4 is 15.4 Å². The Morgan fingerprint density at radius 1 is 1.10 bits per heavy atom. The number of benzene rings is 2. The first-order valence-electron chi connectivity index (χ1n) is 9.61. The summed E-state index contributed by atoms with van der Waals surface area (Å²) in [5.41, 5.74) is 1.62. The van der Waals surface area contributed by atoms with Crippen LogP contribution in [0.15, 0.2) is 65.0 Å². The van der Waals surface area contributed by atoms with Crippen molar-refractivity contribution in [2.24, 2.45) is 0 Å². The van der Waals surface area contributed by atoms with E-state index in [2.05, 4.69) is 20.8 Å². The second kappa shape index (κ2) is 11.3. The number of thioether (sulfide) groups is 1. The summed E-state index contributed by atoms with van der Waals surface area (Å²) in [6.07, 6.45) is 3.16. The zero-order valence-corrected chi connectivity index (χ0v) is 18.7. The molecule has 2 aromatic carbocycles. The number of aromatic nitrogens is 2. The van der Waals surface area contributed by atoms with E-state index in [-0.39, 0.29) is 17.1 Å². The molecular formula is C22H22N4O3S2. The molecule has 0 radical (unpaired) electrons. The number of rotatable bonds is 9. The van der Waals surface area contributed by atoms with E-state index in [0.717, 1.165) is 11.3 Å². The van der Waals surface area contributed by atoms with E-state index in [1.165, 1.54) is 29.2 Å². The molecule has 0 aliphatic carbocycles. The zero-order chi connectivity index (χ0) is 22.1. The average molecular weight is 455 g/mol. The zero-order valence-electron chi connectivity index (χ0n) is 17.1. The first kappa shape index (κ1) is 22.5. The number of ether oxygens (including phenoxy) is 1. The minimum Gasteiger partial charge on any atom is -0.494 e. The molecule has 0 aliphatic heterocycles. The summed E-state index contributed by atoms with van der Waals surface area (Å²) in [7, 11) is 0. The van der Waals surface area contributed by atoms with Crippen molar-refractivity contribution in [2.45, 2.75) is 23.4 Å². The lowest BCUT2D eigenvalue weighted by Crippen LogP contribution is -2.22. The first-order chi connectivity index (χ1) is 15.0. The molecule has 7 nitrogen and oxygen atoms in total. The molecule has 3 aromatic rings. The van der Waals surface area contributed by atoms with E-state index in [1.54, 1.807) is 25.1 Å². The van der Waals surface area contributed by atoms with Crippen LogP contribution in [0.3, 0.4) is 0 Å². The average Bonchev–Trinajstić information content (AvgIpc) is 3.21. The Hall–Kier alpha value is -3.17. The van der Waals surface area contributed by atoms with Gasteiger partial charge in [-0.05, 0) is 49.8 Å². The highest BCUT2D eigenvalue weighted by molar-refractivity contribution is 8.02. The highest BCUT2D eigenvalue weighted by atomic mass is 32.2. The molecule has 0 saturated carbocycles. The van der Waals surface area contributed by atoms with Gasteiger partial charge in [0.15, 0.2) is 4.34 Å². The molecule has 31 heavy (non-hydrogen) atoms. The third kappa shape index (κ3) is 7.23. The van der Waals surface area contributed by atoms with Crippen LogP contribution in [-0.4, -0.2) is 33.9 Å². The SMILES string of the molecule is CCOc1ccc(NC(=O)[C@@H](C)Sc2nnc(NC(=O)/C=C/c3ccccc3)s2)cc1. The van der Waals surface area contributed by atoms with Crippen LogP contribution in [0.25, 0.3) is 6.08 Å². The molecule has 9 heteroatoms. The second-order valence-electron chi connectivity index (χ2n) is 6.31. The van der Waals surface area contributed by atoms with E-state index < -0.39 is 0 Å². The van der Waals surface area contributed by atoms with Crippen molar-refractivity contribution in [3.8, 4) is 5.75 Å². The van der Waals surface area contributed by atoms with Gasteiger partial charge in [0, 0.05) is 11.8 Å². The minimum atomic E-state index is -0.388. The van der Waals surface area contributed by atoms with Gasteiger partial charge in [-0.1, -0.05) is 53.4 Å². The van der Waals surface area contributed by atoms with Crippen LogP contribution in [0.2, 0.25) is 0 Å². The maximum atomic E-state index is 12.4. The lowest BCUT2D eigenvalue weighted by molar-refractivity contribution is -0.115. The summed E-state index contributed by atoms with van der Waals surface area (Å²) in [5.74, 6) is 0.309. The molecule has 1 heterocycles. The van der Waals surface area contributed by atoms with Gasteiger partial charge in [0.25, 0.3) is 0 Å². The molecule has 2 amide bonds. The molecule has 0 unspecified atom stereocenters. The molecule has 3 rings (SSSR count). The van der Waals surface area contributed by atoms with E-state index >= 15 is 0 Å². The molecule has 0 fully saturated rings. The largest absolute Gasteiger partial charge is 0.494 e. The Morgan fingerprint density at radius 2 is 1.84 bits per heavy atom. The summed E-state index contributed by atoms with van der Waals surface area (Å²) >= 11 is 2.50. The highest BCUT2D eigenvalue weighted by Gasteiger charge is 2.18. The van der Waals surface area contributed by atoms with Crippen molar-refractivity contribution in [2.75, 3.05) is 17.2 Å². The van der Waals surface area contributed by atoms with Crippen molar-refractivity contribution in [1.82, 2.24) is 10.2 Å². The van der Waals surface area contributed by atoms with Crippen LogP contribution in [0.5, 0.6) is 5.75 Å². The summed E-state index contributed by atoms with van der Waals surface area (Å²) in [6.45, 7) is 4.30. The van der Waals surface area contributed by atoms with Crippen molar-refractivity contribution >= 4 is 51.8 Å². The lowest BCUT2D eigenvalue weighted by Gasteiger charge is -2.11. The minimum absolute atomic E-state index is 0.152. The van der Waals surface area contributed by atoms with Crippen LogP contribution in [-0.2, 0) is 9.59 Å². The van der Waals surface area contributed by atoms with Gasteiger partial charge >= 0.3 is 0 Å². The number of hydrogen-bond acceptors (Lipinski definition) is 7. The maximum Gasteiger partial charge on any atom is 0.250 e. The van der Waals surface area contributed by atoms with Crippen molar-refractivity contribution < 1.29 is 14.3 Å². The topological polar surface area (TPSA) is 93.2 Å². The van der Waals surface area contributed by atoms with Crippen LogP contribution in [0, 0.1) is 0 Å². The van der Waals surface area contributed by atoms with Crippen LogP contribution in [0.4, 0.5) is 10.8 Å². The van der Waals surface area contributed by atoms with Gasteiger partial charge in [-0.15, -0.1) is 10.2 Å². The van der Waals surface area contributed by atoms with Gasteiger partial charge in [-0.3, -0.25) is 14.9 Å². The van der Waals surface area contributed by atoms with E-state index in [1.807, 2.05) is 49.4 Å². The van der Waals surface area contributed by atoms with Gasteiger partial charge in [0.1, 0.15) is 5.75 Å². The van der Waals surface area contributed by atoms with E-state index in [4.69, 9.17) is 4.74 Å². The Labute approximate surface area is 188 Å². The summed E-state index contributed by atoms with van der Waals surface area (Å²) in [4.78, 5) is 24.5. The molecule has 2 N–H and O–H groups in total. The monoisotopic (exact) mass is 454 g/mol. The Balaban J connectivity index is 1.49. The lowest BCUT2D eigenvalue weighted by atomic mass is 10.2. The predicted octanol–water partition coefficient (Wildman–Crippen LogP) is 4.71. The molecule has 1 atom stereocenters. The smallest absolute Gasteiger partial charge is 0.250 e. The molecule has 1 aromatic heterocycles. The fourth-order valence-electron chi connectivity index (χ4n) is 2.44. The highest BCUT2D eigenvalue weighted by Crippen LogP contribution is 2.29. The van der Waals surface area contributed by atoms with Crippen molar-refractivity contribution in [3.05, 3.63) is 66.2 Å². The molecular weight excluding hydrogens is 432 g/mol. The van der Waals surface area contributed by atoms with Gasteiger partial charge < -0.3 is 10.1 Å².